The molecule has 21 heavy (non-hydrogen) atoms. The highest BCUT2D eigenvalue weighted by Crippen LogP contribution is 2.24. The van der Waals surface area contributed by atoms with Crippen molar-refractivity contribution < 1.29 is 4.79 Å². The summed E-state index contributed by atoms with van der Waals surface area (Å²) < 4.78 is 0.980. The van der Waals surface area contributed by atoms with Crippen LogP contribution >= 0.6 is 27.5 Å². The average molecular weight is 362 g/mol. The minimum Gasteiger partial charge on any atom is -0.289 e. The lowest BCUT2D eigenvalue weighted by Gasteiger charge is -2.04. The summed E-state index contributed by atoms with van der Waals surface area (Å²) in [6.07, 6.45) is 3.41. The summed E-state index contributed by atoms with van der Waals surface area (Å²) >= 11 is 9.32. The zero-order valence-electron chi connectivity index (χ0n) is 11.5. The highest BCUT2D eigenvalue weighted by atomic mass is 79.9. The molecule has 0 atom stereocenters. The highest BCUT2D eigenvalue weighted by molar-refractivity contribution is 9.11. The summed E-state index contributed by atoms with van der Waals surface area (Å²) in [5.41, 5.74) is 2.67. The third-order valence-electron chi connectivity index (χ3n) is 2.99. The van der Waals surface area contributed by atoms with Gasteiger partial charge in [-0.05, 0) is 59.0 Å². The van der Waals surface area contributed by atoms with E-state index in [1.165, 1.54) is 0 Å². The Labute approximate surface area is 138 Å². The smallest absolute Gasteiger partial charge is 0.185 e. The van der Waals surface area contributed by atoms with Crippen molar-refractivity contribution >= 4 is 38.9 Å². The molecule has 0 saturated carbocycles. The number of carbonyl (C=O) groups is 1. The first-order valence-electron chi connectivity index (χ1n) is 6.47. The molecule has 2 aromatic rings. The van der Waals surface area contributed by atoms with Crippen LogP contribution in [0.4, 0.5) is 0 Å². The lowest BCUT2D eigenvalue weighted by molar-refractivity contribution is 0.104. The number of hydrogen-bond acceptors (Lipinski definition) is 1. The zero-order valence-corrected chi connectivity index (χ0v) is 13.9. The van der Waals surface area contributed by atoms with E-state index in [-0.39, 0.29) is 5.78 Å². The first-order chi connectivity index (χ1) is 10.1. The molecule has 0 fully saturated rings. The molecule has 2 rings (SSSR count). The Bertz CT molecular complexity index is 681. The Morgan fingerprint density at radius 1 is 0.952 bits per heavy atom. The molecule has 0 aliphatic rings. The number of rotatable bonds is 4. The van der Waals surface area contributed by atoms with Crippen LogP contribution in [0.1, 0.15) is 22.8 Å². The molecule has 0 aliphatic carbocycles. The first kappa shape index (κ1) is 15.7. The molecule has 0 heterocycles. The van der Waals surface area contributed by atoms with Gasteiger partial charge in [0, 0.05) is 10.6 Å². The van der Waals surface area contributed by atoms with Crippen LogP contribution in [-0.2, 0) is 0 Å². The summed E-state index contributed by atoms with van der Waals surface area (Å²) in [5.74, 6) is -0.0474. The monoisotopic (exact) mass is 360 g/mol. The molecule has 0 aromatic heterocycles. The molecule has 2 aromatic carbocycles. The molecule has 0 saturated heterocycles. The topological polar surface area (TPSA) is 17.1 Å². The fraction of sp³-hybridized carbons (Fsp3) is 0.0556. The van der Waals surface area contributed by atoms with Gasteiger partial charge in [-0.1, -0.05) is 57.9 Å². The Kier molecular flexibility index (Phi) is 5.54. The van der Waals surface area contributed by atoms with Crippen LogP contribution in [0.25, 0.3) is 5.57 Å². The molecule has 0 spiro atoms. The van der Waals surface area contributed by atoms with Gasteiger partial charge in [0.2, 0.25) is 0 Å². The molecule has 3 heteroatoms. The van der Waals surface area contributed by atoms with E-state index in [1.807, 2.05) is 43.3 Å². The summed E-state index contributed by atoms with van der Waals surface area (Å²) in [4.78, 5) is 12.1. The van der Waals surface area contributed by atoms with E-state index >= 15 is 0 Å². The van der Waals surface area contributed by atoms with Crippen LogP contribution < -0.4 is 0 Å². The van der Waals surface area contributed by atoms with Gasteiger partial charge >= 0.3 is 0 Å². The summed E-state index contributed by atoms with van der Waals surface area (Å²) in [7, 11) is 0. The lowest BCUT2D eigenvalue weighted by atomic mass is 10.0. The fourth-order valence-corrected chi connectivity index (χ4v) is 2.38. The van der Waals surface area contributed by atoms with Gasteiger partial charge in [-0.15, -0.1) is 0 Å². The zero-order chi connectivity index (χ0) is 15.2. The summed E-state index contributed by atoms with van der Waals surface area (Å²) in [6.45, 7) is 1.96. The maximum absolute atomic E-state index is 12.1. The predicted octanol–water partition coefficient (Wildman–Crippen LogP) is 5.91. The molecule has 0 bridgehead atoms. The normalized spacial score (nSPS) is 12.3. The number of allylic oxidation sites excluding steroid dienone is 4. The number of carbonyl (C=O) groups excluding carboxylic acids is 1. The molecule has 0 amide bonds. The quantitative estimate of drug-likeness (QED) is 0.376. The van der Waals surface area contributed by atoms with Crippen molar-refractivity contribution in [2.75, 3.05) is 0 Å². The minimum absolute atomic E-state index is 0.0474. The predicted molar refractivity (Wildman–Crippen MR) is 92.9 cm³/mol. The third-order valence-corrected chi connectivity index (χ3v) is 3.67. The summed E-state index contributed by atoms with van der Waals surface area (Å²) in [5, 5.41) is 0.622. The van der Waals surface area contributed by atoms with Crippen molar-refractivity contribution in [3.63, 3.8) is 0 Å². The third kappa shape index (κ3) is 4.42. The maximum Gasteiger partial charge on any atom is 0.185 e. The van der Waals surface area contributed by atoms with Gasteiger partial charge in [0.25, 0.3) is 0 Å². The van der Waals surface area contributed by atoms with E-state index in [0.717, 1.165) is 15.6 Å². The second-order valence-corrected chi connectivity index (χ2v) is 6.14. The Hall–Kier alpha value is -1.64. The van der Waals surface area contributed by atoms with E-state index < -0.39 is 0 Å². The Balaban J connectivity index is 2.24. The second-order valence-electron chi connectivity index (χ2n) is 4.52. The maximum atomic E-state index is 12.1. The van der Waals surface area contributed by atoms with Crippen LogP contribution in [0, 0.1) is 0 Å². The molecule has 0 unspecified atom stereocenters. The van der Waals surface area contributed by atoms with Crippen LogP contribution in [0.3, 0.4) is 0 Å². The fourth-order valence-electron chi connectivity index (χ4n) is 1.90. The molecular weight excluding hydrogens is 348 g/mol. The van der Waals surface area contributed by atoms with E-state index in [4.69, 9.17) is 11.6 Å². The van der Waals surface area contributed by atoms with Crippen molar-refractivity contribution in [1.82, 2.24) is 0 Å². The first-order valence-corrected chi connectivity index (χ1v) is 7.65. The van der Waals surface area contributed by atoms with Gasteiger partial charge in [0.05, 0.1) is 0 Å². The Morgan fingerprint density at radius 3 is 2.14 bits per heavy atom. The lowest BCUT2D eigenvalue weighted by Crippen LogP contribution is -1.94. The second kappa shape index (κ2) is 7.39. The van der Waals surface area contributed by atoms with E-state index in [1.54, 1.807) is 30.3 Å². The van der Waals surface area contributed by atoms with Crippen molar-refractivity contribution in [2.45, 2.75) is 6.92 Å². The van der Waals surface area contributed by atoms with Gasteiger partial charge in [-0.3, -0.25) is 4.79 Å². The number of benzene rings is 2. The van der Waals surface area contributed by atoms with Crippen molar-refractivity contribution in [1.29, 1.82) is 0 Å². The van der Waals surface area contributed by atoms with Crippen molar-refractivity contribution in [3.8, 4) is 0 Å². The molecule has 1 nitrogen and oxygen atoms in total. The van der Waals surface area contributed by atoms with E-state index in [9.17, 15) is 4.79 Å². The number of hydrogen-bond donors (Lipinski definition) is 0. The van der Waals surface area contributed by atoms with Gasteiger partial charge in [-0.2, -0.15) is 0 Å². The van der Waals surface area contributed by atoms with Gasteiger partial charge in [0.1, 0.15) is 0 Å². The molecule has 106 valence electrons. The van der Waals surface area contributed by atoms with Crippen molar-refractivity contribution in [2.24, 2.45) is 0 Å². The van der Waals surface area contributed by atoms with E-state index in [2.05, 4.69) is 15.9 Å². The van der Waals surface area contributed by atoms with Crippen LogP contribution in [0.2, 0.25) is 5.02 Å². The van der Waals surface area contributed by atoms with Gasteiger partial charge < -0.3 is 0 Å². The molecular formula is C18H14BrClO. The molecule has 0 aliphatic heterocycles. The SMILES string of the molecule is C/C(Br)=C(/C=C/C(=O)c1ccc(Cl)cc1)c1ccccc1. The molecule has 0 N–H and O–H groups in total. The van der Waals surface area contributed by atoms with Gasteiger partial charge in [-0.25, -0.2) is 0 Å². The largest absolute Gasteiger partial charge is 0.289 e. The van der Waals surface area contributed by atoms with Crippen LogP contribution in [-0.4, -0.2) is 5.78 Å². The average Bonchev–Trinajstić information content (AvgIpc) is 2.48. The Morgan fingerprint density at radius 2 is 1.57 bits per heavy atom. The van der Waals surface area contributed by atoms with Crippen molar-refractivity contribution in [3.05, 3.63) is 87.4 Å². The van der Waals surface area contributed by atoms with E-state index in [0.29, 0.717) is 10.6 Å². The van der Waals surface area contributed by atoms with Gasteiger partial charge in [0.15, 0.2) is 5.78 Å². The number of halogens is 2. The number of ketones is 1. The van der Waals surface area contributed by atoms with Crippen LogP contribution in [0.5, 0.6) is 0 Å². The standard InChI is InChI=1S/C18H14BrClO/c1-13(19)17(14-5-3-2-4-6-14)11-12-18(21)15-7-9-16(20)10-8-15/h2-12H,1H3/b12-11+,17-13+. The minimum atomic E-state index is -0.0474. The molecule has 0 radical (unpaired) electrons. The summed E-state index contributed by atoms with van der Waals surface area (Å²) in [6, 6.07) is 16.8. The highest BCUT2D eigenvalue weighted by Gasteiger charge is 2.04. The van der Waals surface area contributed by atoms with Crippen LogP contribution in [0.15, 0.2) is 71.2 Å².